The zero-order valence-corrected chi connectivity index (χ0v) is 17.5. The first-order chi connectivity index (χ1) is 13.7. The highest BCUT2D eigenvalue weighted by atomic mass is 35.5. The van der Waals surface area contributed by atoms with Gasteiger partial charge in [-0.2, -0.15) is 0 Å². The van der Waals surface area contributed by atoms with Gasteiger partial charge in [-0.1, -0.05) is 31.5 Å². The lowest BCUT2D eigenvalue weighted by Crippen LogP contribution is -2.16. The Morgan fingerprint density at radius 2 is 2.10 bits per heavy atom. The number of nitrogens with one attached hydrogen (secondary N) is 3. The lowest BCUT2D eigenvalue weighted by atomic mass is 10.1. The van der Waals surface area contributed by atoms with Crippen molar-refractivity contribution in [2.45, 2.75) is 32.7 Å². The molecule has 0 saturated heterocycles. The van der Waals surface area contributed by atoms with Crippen LogP contribution in [0.1, 0.15) is 38.6 Å². The van der Waals surface area contributed by atoms with Crippen LogP contribution in [0.5, 0.6) is 0 Å². The normalized spacial score (nSPS) is 11.8. The first kappa shape index (κ1) is 22.4. The third kappa shape index (κ3) is 6.07. The van der Waals surface area contributed by atoms with Crippen LogP contribution in [0.4, 0.5) is 16.2 Å². The summed E-state index contributed by atoms with van der Waals surface area (Å²) in [6.07, 6.45) is 1.96. The number of hydrogen-bond acceptors (Lipinski definition) is 5. The number of carbonyl (C=O) groups is 2. The van der Waals surface area contributed by atoms with Gasteiger partial charge >= 0.3 is 6.09 Å². The van der Waals surface area contributed by atoms with Gasteiger partial charge in [0.2, 0.25) is 5.91 Å². The molecule has 2 aromatic rings. The molecule has 2 amide bonds. The van der Waals surface area contributed by atoms with Crippen molar-refractivity contribution in [3.05, 3.63) is 41.8 Å². The van der Waals surface area contributed by atoms with Crippen molar-refractivity contribution in [1.29, 1.82) is 0 Å². The molecule has 0 radical (unpaired) electrons. The molecule has 0 aliphatic rings. The Bertz CT molecular complexity index is 894. The highest BCUT2D eigenvalue weighted by Crippen LogP contribution is 2.35. The second kappa shape index (κ2) is 10.1. The van der Waals surface area contributed by atoms with E-state index >= 15 is 0 Å². The predicted octanol–water partition coefficient (Wildman–Crippen LogP) is 4.47. The zero-order chi connectivity index (χ0) is 21.6. The lowest BCUT2D eigenvalue weighted by Gasteiger charge is -2.13. The quantitative estimate of drug-likeness (QED) is 0.470. The van der Waals surface area contributed by atoms with Crippen LogP contribution in [0.2, 0.25) is 5.15 Å². The summed E-state index contributed by atoms with van der Waals surface area (Å²) >= 11 is 6.36. The maximum Gasteiger partial charge on any atom is 0.411 e. The molecule has 0 aliphatic heterocycles. The number of aromatic amines is 1. The molecule has 1 aromatic carbocycles. The highest BCUT2D eigenvalue weighted by Gasteiger charge is 2.19. The third-order valence-corrected chi connectivity index (χ3v) is 4.30. The molecule has 156 valence electrons. The second-order valence-electron chi connectivity index (χ2n) is 6.94. The fourth-order valence-corrected chi connectivity index (χ4v) is 2.93. The van der Waals surface area contributed by atoms with Crippen LogP contribution < -0.4 is 16.4 Å². The number of benzene rings is 1. The number of aromatic nitrogens is 2. The van der Waals surface area contributed by atoms with Gasteiger partial charge in [0.25, 0.3) is 0 Å². The Hall–Kier alpha value is -2.84. The maximum absolute atomic E-state index is 12.4. The SMILES string of the molecule is C=CC[C@H](N)c1nc(-c2ccc(NC(=O)OC)cc2NC(=O)CC(C)C)c(Cl)[nH]1. The summed E-state index contributed by atoms with van der Waals surface area (Å²) in [5, 5.41) is 5.75. The minimum atomic E-state index is -0.618. The molecule has 1 heterocycles. The van der Waals surface area contributed by atoms with E-state index in [9.17, 15) is 9.59 Å². The van der Waals surface area contributed by atoms with E-state index in [0.29, 0.717) is 46.5 Å². The number of rotatable bonds is 8. The molecule has 0 saturated carbocycles. The van der Waals surface area contributed by atoms with Crippen LogP contribution in [-0.4, -0.2) is 29.1 Å². The molecule has 2 rings (SSSR count). The summed E-state index contributed by atoms with van der Waals surface area (Å²) in [4.78, 5) is 31.4. The van der Waals surface area contributed by atoms with Crippen LogP contribution >= 0.6 is 11.6 Å². The van der Waals surface area contributed by atoms with Gasteiger partial charge in [0, 0.05) is 17.7 Å². The average Bonchev–Trinajstić information content (AvgIpc) is 3.03. The van der Waals surface area contributed by atoms with E-state index in [2.05, 4.69) is 31.9 Å². The van der Waals surface area contributed by atoms with Gasteiger partial charge < -0.3 is 20.8 Å². The Kier molecular flexibility index (Phi) is 7.81. The molecule has 5 N–H and O–H groups in total. The average molecular weight is 420 g/mol. The highest BCUT2D eigenvalue weighted by molar-refractivity contribution is 6.32. The molecular formula is C20H26ClN5O3. The maximum atomic E-state index is 12.4. The molecule has 0 bridgehead atoms. The van der Waals surface area contributed by atoms with E-state index in [1.54, 1.807) is 24.3 Å². The zero-order valence-electron chi connectivity index (χ0n) is 16.7. The fourth-order valence-electron chi connectivity index (χ4n) is 2.69. The summed E-state index contributed by atoms with van der Waals surface area (Å²) in [5.41, 5.74) is 8.04. The number of nitrogens with zero attached hydrogens (tertiary/aromatic N) is 1. The summed E-state index contributed by atoms with van der Waals surface area (Å²) in [6.45, 7) is 7.58. The largest absolute Gasteiger partial charge is 0.453 e. The van der Waals surface area contributed by atoms with E-state index in [4.69, 9.17) is 17.3 Å². The molecule has 1 aromatic heterocycles. The summed E-state index contributed by atoms with van der Waals surface area (Å²) in [7, 11) is 1.27. The van der Waals surface area contributed by atoms with Crippen LogP contribution in [0.15, 0.2) is 30.9 Å². The molecule has 0 fully saturated rings. The molecule has 8 nitrogen and oxygen atoms in total. The van der Waals surface area contributed by atoms with E-state index < -0.39 is 6.09 Å². The number of carbonyl (C=O) groups excluding carboxylic acids is 2. The Morgan fingerprint density at radius 1 is 1.38 bits per heavy atom. The number of nitrogens with two attached hydrogens (primary N) is 1. The number of halogens is 1. The van der Waals surface area contributed by atoms with Crippen molar-refractivity contribution in [3.8, 4) is 11.3 Å². The van der Waals surface area contributed by atoms with Crippen molar-refractivity contribution in [2.24, 2.45) is 11.7 Å². The van der Waals surface area contributed by atoms with Crippen molar-refractivity contribution < 1.29 is 14.3 Å². The third-order valence-electron chi connectivity index (χ3n) is 4.02. The number of methoxy groups -OCH3 is 1. The first-order valence-electron chi connectivity index (χ1n) is 9.16. The van der Waals surface area contributed by atoms with Gasteiger partial charge in [0.05, 0.1) is 18.8 Å². The van der Waals surface area contributed by atoms with Crippen LogP contribution in [-0.2, 0) is 9.53 Å². The summed E-state index contributed by atoms with van der Waals surface area (Å²) in [6, 6.07) is 4.62. The Morgan fingerprint density at radius 3 is 2.72 bits per heavy atom. The number of anilines is 2. The molecule has 1 atom stereocenters. The van der Waals surface area contributed by atoms with Gasteiger partial charge in [0.1, 0.15) is 16.7 Å². The topological polar surface area (TPSA) is 122 Å². The number of ether oxygens (including phenoxy) is 1. The van der Waals surface area contributed by atoms with Crippen LogP contribution in [0.3, 0.4) is 0 Å². The van der Waals surface area contributed by atoms with Gasteiger partial charge in [-0.25, -0.2) is 9.78 Å². The van der Waals surface area contributed by atoms with Crippen molar-refractivity contribution in [1.82, 2.24) is 9.97 Å². The molecule has 9 heteroatoms. The summed E-state index contributed by atoms with van der Waals surface area (Å²) < 4.78 is 4.62. The van der Waals surface area contributed by atoms with Gasteiger partial charge in [0.15, 0.2) is 0 Å². The Balaban J connectivity index is 2.45. The van der Waals surface area contributed by atoms with E-state index in [1.807, 2.05) is 13.8 Å². The van der Waals surface area contributed by atoms with Crippen LogP contribution in [0, 0.1) is 5.92 Å². The molecule has 0 aliphatic carbocycles. The standard InChI is InChI=1S/C20H26ClN5O3/c1-5-6-14(22)19-25-17(18(21)26-19)13-8-7-12(23-20(28)29-4)10-15(13)24-16(27)9-11(2)3/h5,7-8,10-11,14H,1,6,9,22H2,2-4H3,(H,23,28)(H,24,27)(H,25,26)/t14-/m0/s1. The fraction of sp³-hybridized carbons (Fsp3) is 0.350. The van der Waals surface area contributed by atoms with Crippen molar-refractivity contribution in [3.63, 3.8) is 0 Å². The minimum Gasteiger partial charge on any atom is -0.453 e. The smallest absolute Gasteiger partial charge is 0.411 e. The number of amides is 2. The molecular weight excluding hydrogens is 394 g/mol. The van der Waals surface area contributed by atoms with Crippen molar-refractivity contribution >= 4 is 35.0 Å². The number of hydrogen-bond donors (Lipinski definition) is 4. The monoisotopic (exact) mass is 419 g/mol. The van der Waals surface area contributed by atoms with Gasteiger partial charge in [-0.15, -0.1) is 6.58 Å². The van der Waals surface area contributed by atoms with E-state index in [0.717, 1.165) is 0 Å². The predicted molar refractivity (Wildman–Crippen MR) is 115 cm³/mol. The first-order valence-corrected chi connectivity index (χ1v) is 9.54. The van der Waals surface area contributed by atoms with Crippen molar-refractivity contribution in [2.75, 3.05) is 17.7 Å². The minimum absolute atomic E-state index is 0.160. The molecule has 0 spiro atoms. The lowest BCUT2D eigenvalue weighted by molar-refractivity contribution is -0.116. The Labute approximate surface area is 174 Å². The van der Waals surface area contributed by atoms with E-state index in [1.165, 1.54) is 7.11 Å². The molecule has 0 unspecified atom stereocenters. The van der Waals surface area contributed by atoms with E-state index in [-0.39, 0.29) is 17.9 Å². The van der Waals surface area contributed by atoms with Gasteiger partial charge in [-0.3, -0.25) is 10.1 Å². The number of imidazole rings is 1. The van der Waals surface area contributed by atoms with Gasteiger partial charge in [-0.05, 0) is 30.5 Å². The second-order valence-corrected chi connectivity index (χ2v) is 7.32. The summed E-state index contributed by atoms with van der Waals surface area (Å²) in [5.74, 6) is 0.542. The number of H-pyrrole nitrogens is 1. The van der Waals surface area contributed by atoms with Crippen LogP contribution in [0.25, 0.3) is 11.3 Å². The molecule has 29 heavy (non-hydrogen) atoms.